The lowest BCUT2D eigenvalue weighted by molar-refractivity contribution is 0.243. The largest absolute Gasteiger partial charge is 0.508 e. The van der Waals surface area contributed by atoms with E-state index >= 15 is 0 Å². The Morgan fingerprint density at radius 2 is 1.90 bits per heavy atom. The zero-order chi connectivity index (χ0) is 13.9. The number of hydrogen-bond donors (Lipinski definition) is 2. The molecule has 1 fully saturated rings. The molecule has 0 aliphatic carbocycles. The van der Waals surface area contributed by atoms with Crippen LogP contribution in [0.3, 0.4) is 0 Å². The van der Waals surface area contributed by atoms with Crippen LogP contribution in [0.15, 0.2) is 30.3 Å². The normalized spacial score (nSPS) is 16.6. The third-order valence-electron chi connectivity index (χ3n) is 3.91. The van der Waals surface area contributed by atoms with Crippen molar-refractivity contribution in [2.24, 2.45) is 0 Å². The van der Waals surface area contributed by atoms with Crippen LogP contribution in [-0.4, -0.2) is 42.7 Å². The average Bonchev–Trinajstić information content (AvgIpc) is 2.46. The molecule has 0 aromatic heterocycles. The Bertz CT molecular complexity index is 609. The molecule has 2 aromatic rings. The van der Waals surface area contributed by atoms with Crippen LogP contribution < -0.4 is 5.32 Å². The van der Waals surface area contributed by atoms with Crippen molar-refractivity contribution in [2.75, 3.05) is 32.7 Å². The second-order valence-electron chi connectivity index (χ2n) is 5.31. The van der Waals surface area contributed by atoms with Crippen LogP contribution in [0.4, 0.5) is 0 Å². The molecular formula is C16H19ClN2O. The first-order chi connectivity index (χ1) is 9.72. The maximum Gasteiger partial charge on any atom is 0.119 e. The molecule has 0 spiro atoms. The number of piperazine rings is 1. The number of phenolic OH excluding ortho intramolecular Hbond substituents is 1. The Labute approximate surface area is 124 Å². The first-order valence-corrected chi connectivity index (χ1v) is 7.44. The Morgan fingerprint density at radius 3 is 2.70 bits per heavy atom. The smallest absolute Gasteiger partial charge is 0.119 e. The number of benzene rings is 2. The van der Waals surface area contributed by atoms with Crippen molar-refractivity contribution in [3.63, 3.8) is 0 Å². The minimum absolute atomic E-state index is 0.384. The van der Waals surface area contributed by atoms with Crippen molar-refractivity contribution in [1.29, 1.82) is 0 Å². The molecule has 1 heterocycles. The van der Waals surface area contributed by atoms with Gasteiger partial charge in [-0.05, 0) is 47.0 Å². The number of aromatic hydroxyl groups is 1. The second-order valence-corrected chi connectivity index (χ2v) is 5.75. The maximum atomic E-state index is 10.1. The molecule has 3 rings (SSSR count). The van der Waals surface area contributed by atoms with E-state index in [1.165, 1.54) is 0 Å². The third kappa shape index (κ3) is 3.06. The number of phenols is 1. The second kappa shape index (κ2) is 6.00. The van der Waals surface area contributed by atoms with Gasteiger partial charge in [0, 0.05) is 37.7 Å². The first-order valence-electron chi connectivity index (χ1n) is 7.06. The Hall–Kier alpha value is -1.29. The van der Waals surface area contributed by atoms with Gasteiger partial charge < -0.3 is 15.3 Å². The van der Waals surface area contributed by atoms with Crippen LogP contribution in [0.1, 0.15) is 5.56 Å². The molecule has 0 atom stereocenters. The van der Waals surface area contributed by atoms with Crippen molar-refractivity contribution in [3.05, 3.63) is 40.9 Å². The van der Waals surface area contributed by atoms with Gasteiger partial charge in [-0.25, -0.2) is 0 Å². The molecule has 1 aliphatic heterocycles. The van der Waals surface area contributed by atoms with Crippen molar-refractivity contribution in [2.45, 2.75) is 6.42 Å². The molecule has 106 valence electrons. The van der Waals surface area contributed by atoms with Crippen LogP contribution in [0, 0.1) is 0 Å². The lowest BCUT2D eigenvalue weighted by atomic mass is 10.0. The fourth-order valence-electron chi connectivity index (χ4n) is 2.72. The Balaban J connectivity index is 1.77. The number of halogens is 1. The van der Waals surface area contributed by atoms with Gasteiger partial charge in [-0.1, -0.05) is 17.7 Å². The predicted molar refractivity (Wildman–Crippen MR) is 83.6 cm³/mol. The number of fused-ring (bicyclic) bond motifs is 1. The molecule has 0 radical (unpaired) electrons. The van der Waals surface area contributed by atoms with Crippen LogP contribution in [-0.2, 0) is 6.42 Å². The van der Waals surface area contributed by atoms with Gasteiger partial charge >= 0.3 is 0 Å². The minimum atomic E-state index is 0.384. The molecule has 4 heteroatoms. The van der Waals surface area contributed by atoms with E-state index in [1.54, 1.807) is 0 Å². The molecular weight excluding hydrogens is 272 g/mol. The molecule has 0 saturated carbocycles. The van der Waals surface area contributed by atoms with E-state index < -0.39 is 0 Å². The summed E-state index contributed by atoms with van der Waals surface area (Å²) >= 11 is 6.03. The highest BCUT2D eigenvalue weighted by Crippen LogP contribution is 2.27. The van der Waals surface area contributed by atoms with E-state index in [-0.39, 0.29) is 0 Å². The molecule has 3 nitrogen and oxygen atoms in total. The number of nitrogens with zero attached hydrogens (tertiary/aromatic N) is 1. The first kappa shape index (κ1) is 13.7. The summed E-state index contributed by atoms with van der Waals surface area (Å²) in [5.74, 6) is 0.384. The zero-order valence-electron chi connectivity index (χ0n) is 11.4. The molecule has 0 amide bonds. The topological polar surface area (TPSA) is 35.5 Å². The van der Waals surface area contributed by atoms with Crippen LogP contribution in [0.25, 0.3) is 10.8 Å². The molecule has 2 aromatic carbocycles. The van der Waals surface area contributed by atoms with E-state index in [0.717, 1.165) is 60.5 Å². The molecule has 20 heavy (non-hydrogen) atoms. The minimum Gasteiger partial charge on any atom is -0.508 e. The summed E-state index contributed by atoms with van der Waals surface area (Å²) in [7, 11) is 0. The summed E-state index contributed by atoms with van der Waals surface area (Å²) < 4.78 is 0. The van der Waals surface area contributed by atoms with Gasteiger partial charge in [0.05, 0.1) is 0 Å². The number of nitrogens with one attached hydrogen (secondary N) is 1. The van der Waals surface area contributed by atoms with Gasteiger partial charge in [-0.2, -0.15) is 0 Å². The van der Waals surface area contributed by atoms with Gasteiger partial charge in [0.2, 0.25) is 0 Å². The standard InChI is InChI=1S/C16H19ClN2O/c17-15-2-1-12-11-16(20)13(9-14(12)10-15)3-6-19-7-4-18-5-8-19/h1-2,9-11,18,20H,3-8H2. The highest BCUT2D eigenvalue weighted by molar-refractivity contribution is 6.31. The van der Waals surface area contributed by atoms with Crippen LogP contribution in [0.2, 0.25) is 5.02 Å². The Kier molecular flexibility index (Phi) is 4.10. The highest BCUT2D eigenvalue weighted by Gasteiger charge is 2.11. The SMILES string of the molecule is Oc1cc2ccc(Cl)cc2cc1CCN1CCNCC1. The van der Waals surface area contributed by atoms with Crippen molar-refractivity contribution in [1.82, 2.24) is 10.2 Å². The fourth-order valence-corrected chi connectivity index (χ4v) is 2.90. The van der Waals surface area contributed by atoms with E-state index in [4.69, 9.17) is 11.6 Å². The number of hydrogen-bond acceptors (Lipinski definition) is 3. The summed E-state index contributed by atoms with van der Waals surface area (Å²) in [6.07, 6.45) is 0.869. The lowest BCUT2D eigenvalue weighted by Gasteiger charge is -2.27. The van der Waals surface area contributed by atoms with Gasteiger partial charge in [0.1, 0.15) is 5.75 Å². The van der Waals surface area contributed by atoms with Crippen LogP contribution in [0.5, 0.6) is 5.75 Å². The van der Waals surface area contributed by atoms with Gasteiger partial charge in [-0.15, -0.1) is 0 Å². The highest BCUT2D eigenvalue weighted by atomic mass is 35.5. The van der Waals surface area contributed by atoms with Crippen molar-refractivity contribution < 1.29 is 5.11 Å². The molecule has 0 unspecified atom stereocenters. The van der Waals surface area contributed by atoms with E-state index in [9.17, 15) is 5.11 Å². The van der Waals surface area contributed by atoms with Crippen molar-refractivity contribution in [3.8, 4) is 5.75 Å². The lowest BCUT2D eigenvalue weighted by Crippen LogP contribution is -2.44. The van der Waals surface area contributed by atoms with E-state index in [1.807, 2.05) is 24.3 Å². The van der Waals surface area contributed by atoms with E-state index in [2.05, 4.69) is 16.3 Å². The zero-order valence-corrected chi connectivity index (χ0v) is 12.2. The third-order valence-corrected chi connectivity index (χ3v) is 4.14. The number of rotatable bonds is 3. The van der Waals surface area contributed by atoms with Gasteiger partial charge in [0.25, 0.3) is 0 Å². The van der Waals surface area contributed by atoms with Gasteiger partial charge in [0.15, 0.2) is 0 Å². The molecule has 0 bridgehead atoms. The predicted octanol–water partition coefficient (Wildman–Crippen LogP) is 2.65. The quantitative estimate of drug-likeness (QED) is 0.912. The fraction of sp³-hybridized carbons (Fsp3) is 0.375. The maximum absolute atomic E-state index is 10.1. The monoisotopic (exact) mass is 290 g/mol. The summed E-state index contributed by atoms with van der Waals surface area (Å²) in [6, 6.07) is 9.63. The average molecular weight is 291 g/mol. The molecule has 1 saturated heterocycles. The molecule has 1 aliphatic rings. The summed E-state index contributed by atoms with van der Waals surface area (Å²) in [5.41, 5.74) is 0.998. The van der Waals surface area contributed by atoms with Crippen molar-refractivity contribution >= 4 is 22.4 Å². The molecule has 2 N–H and O–H groups in total. The summed E-state index contributed by atoms with van der Waals surface area (Å²) in [4.78, 5) is 2.43. The summed E-state index contributed by atoms with van der Waals surface area (Å²) in [5, 5.41) is 16.3. The van der Waals surface area contributed by atoms with Gasteiger partial charge in [-0.3, -0.25) is 0 Å². The van der Waals surface area contributed by atoms with Crippen LogP contribution >= 0.6 is 11.6 Å². The summed E-state index contributed by atoms with van der Waals surface area (Å²) in [6.45, 7) is 5.26. The van der Waals surface area contributed by atoms with E-state index in [0.29, 0.717) is 5.75 Å². The Morgan fingerprint density at radius 1 is 1.10 bits per heavy atom.